The summed E-state index contributed by atoms with van der Waals surface area (Å²) in [6, 6.07) is 11.6. The third-order valence-corrected chi connectivity index (χ3v) is 6.97. The highest BCUT2D eigenvalue weighted by molar-refractivity contribution is 7.22. The standard InChI is InChI=1S/C26H35N3O4S/c1-7-28(8-2)15-16-29(23(30)17-33-20-11-9-19(10-12-20)18(3)4)26-27-24-21(31-5)13-14-22(32-6)25(24)34-26/h9-14,18H,7-8,15-17H2,1-6H3. The molecule has 0 aliphatic carbocycles. The number of amides is 1. The summed E-state index contributed by atoms with van der Waals surface area (Å²) in [5.74, 6) is 2.33. The maximum atomic E-state index is 13.4. The number of carbonyl (C=O) groups is 1. The molecule has 8 heteroatoms. The monoisotopic (exact) mass is 485 g/mol. The highest BCUT2D eigenvalue weighted by atomic mass is 32.1. The Kier molecular flexibility index (Phi) is 9.12. The maximum Gasteiger partial charge on any atom is 0.266 e. The lowest BCUT2D eigenvalue weighted by atomic mass is 10.0. The molecule has 3 rings (SSSR count). The van der Waals surface area contributed by atoms with E-state index in [2.05, 4.69) is 32.6 Å². The number of likely N-dealkylation sites (N-methyl/N-ethyl adjacent to an activating group) is 1. The van der Waals surface area contributed by atoms with Gasteiger partial charge in [0.15, 0.2) is 11.7 Å². The van der Waals surface area contributed by atoms with Crippen LogP contribution in [0.15, 0.2) is 36.4 Å². The number of methoxy groups -OCH3 is 2. The zero-order chi connectivity index (χ0) is 24.7. The third kappa shape index (κ3) is 5.98. The Hall–Kier alpha value is -2.84. The van der Waals surface area contributed by atoms with Gasteiger partial charge in [0.05, 0.1) is 14.2 Å². The van der Waals surface area contributed by atoms with Crippen molar-refractivity contribution in [3.63, 3.8) is 0 Å². The van der Waals surface area contributed by atoms with Crippen LogP contribution >= 0.6 is 11.3 Å². The highest BCUT2D eigenvalue weighted by Crippen LogP contribution is 2.40. The van der Waals surface area contributed by atoms with E-state index >= 15 is 0 Å². The Balaban J connectivity index is 1.86. The lowest BCUT2D eigenvalue weighted by Gasteiger charge is -2.24. The molecule has 0 unspecified atom stereocenters. The van der Waals surface area contributed by atoms with Gasteiger partial charge in [-0.15, -0.1) is 0 Å². The predicted molar refractivity (Wildman–Crippen MR) is 139 cm³/mol. The van der Waals surface area contributed by atoms with Gasteiger partial charge in [0.2, 0.25) is 0 Å². The molecule has 2 aromatic carbocycles. The molecule has 0 saturated carbocycles. The van der Waals surface area contributed by atoms with E-state index in [9.17, 15) is 4.79 Å². The Morgan fingerprint density at radius 3 is 2.21 bits per heavy atom. The predicted octanol–water partition coefficient (Wildman–Crippen LogP) is 5.19. The van der Waals surface area contributed by atoms with Crippen LogP contribution in [0.3, 0.4) is 0 Å². The number of thiazole rings is 1. The van der Waals surface area contributed by atoms with Crippen molar-refractivity contribution in [3.05, 3.63) is 42.0 Å². The minimum Gasteiger partial charge on any atom is -0.495 e. The molecule has 0 aliphatic rings. The fraction of sp³-hybridized carbons (Fsp3) is 0.462. The van der Waals surface area contributed by atoms with Gasteiger partial charge in [0.25, 0.3) is 5.91 Å². The molecule has 0 bridgehead atoms. The number of rotatable bonds is 12. The lowest BCUT2D eigenvalue weighted by molar-refractivity contribution is -0.120. The van der Waals surface area contributed by atoms with Gasteiger partial charge in [-0.1, -0.05) is 51.2 Å². The molecular weight excluding hydrogens is 450 g/mol. The summed E-state index contributed by atoms with van der Waals surface area (Å²) in [6.07, 6.45) is 0. The van der Waals surface area contributed by atoms with E-state index in [-0.39, 0.29) is 12.5 Å². The molecule has 7 nitrogen and oxygen atoms in total. The average molecular weight is 486 g/mol. The fourth-order valence-corrected chi connectivity index (χ4v) is 4.79. The quantitative estimate of drug-likeness (QED) is 0.352. The molecule has 184 valence electrons. The normalized spacial score (nSPS) is 11.3. The first-order valence-electron chi connectivity index (χ1n) is 11.7. The Bertz CT molecular complexity index is 1040. The minimum atomic E-state index is -0.142. The van der Waals surface area contributed by atoms with Crippen molar-refractivity contribution in [2.24, 2.45) is 0 Å². The Morgan fingerprint density at radius 2 is 1.62 bits per heavy atom. The van der Waals surface area contributed by atoms with E-state index in [1.54, 1.807) is 19.1 Å². The zero-order valence-corrected chi connectivity index (χ0v) is 21.8. The van der Waals surface area contributed by atoms with Gasteiger partial charge in [-0.05, 0) is 48.8 Å². The van der Waals surface area contributed by atoms with Crippen LogP contribution in [0.25, 0.3) is 10.2 Å². The molecule has 0 aliphatic heterocycles. The van der Waals surface area contributed by atoms with Gasteiger partial charge < -0.3 is 19.1 Å². The van der Waals surface area contributed by atoms with Gasteiger partial charge >= 0.3 is 0 Å². The van der Waals surface area contributed by atoms with Crippen molar-refractivity contribution in [1.82, 2.24) is 9.88 Å². The molecule has 1 aromatic heterocycles. The number of hydrogen-bond acceptors (Lipinski definition) is 7. The van der Waals surface area contributed by atoms with Crippen molar-refractivity contribution in [1.29, 1.82) is 0 Å². The number of nitrogens with zero attached hydrogens (tertiary/aromatic N) is 3. The first kappa shape index (κ1) is 25.8. The molecule has 0 saturated heterocycles. The molecule has 0 atom stereocenters. The summed E-state index contributed by atoms with van der Waals surface area (Å²) in [6.45, 7) is 11.6. The van der Waals surface area contributed by atoms with Crippen LogP contribution in [-0.4, -0.2) is 62.8 Å². The topological polar surface area (TPSA) is 64.1 Å². The summed E-state index contributed by atoms with van der Waals surface area (Å²) < 4.78 is 17.7. The first-order valence-corrected chi connectivity index (χ1v) is 12.5. The second-order valence-electron chi connectivity index (χ2n) is 8.23. The minimum absolute atomic E-state index is 0.0660. The van der Waals surface area contributed by atoms with E-state index in [0.29, 0.717) is 40.4 Å². The Morgan fingerprint density at radius 1 is 0.971 bits per heavy atom. The number of benzene rings is 2. The second-order valence-corrected chi connectivity index (χ2v) is 9.21. The molecule has 0 N–H and O–H groups in total. The molecular formula is C26H35N3O4S. The molecule has 34 heavy (non-hydrogen) atoms. The SMILES string of the molecule is CCN(CC)CCN(C(=O)COc1ccc(C(C)C)cc1)c1nc2c(OC)ccc(OC)c2s1. The summed E-state index contributed by atoms with van der Waals surface area (Å²) >= 11 is 1.42. The van der Waals surface area contributed by atoms with Crippen molar-refractivity contribution >= 4 is 32.6 Å². The van der Waals surface area contributed by atoms with E-state index in [0.717, 1.165) is 24.3 Å². The number of ether oxygens (including phenoxy) is 3. The first-order chi connectivity index (χ1) is 16.4. The van der Waals surface area contributed by atoms with Crippen molar-refractivity contribution in [2.45, 2.75) is 33.6 Å². The fourth-order valence-electron chi connectivity index (χ4n) is 3.67. The van der Waals surface area contributed by atoms with E-state index < -0.39 is 0 Å². The summed E-state index contributed by atoms with van der Waals surface area (Å²) in [7, 11) is 3.24. The highest BCUT2D eigenvalue weighted by Gasteiger charge is 2.23. The van der Waals surface area contributed by atoms with Crippen LogP contribution in [0.4, 0.5) is 5.13 Å². The van der Waals surface area contributed by atoms with E-state index in [4.69, 9.17) is 19.2 Å². The van der Waals surface area contributed by atoms with Gasteiger partial charge in [0.1, 0.15) is 27.5 Å². The van der Waals surface area contributed by atoms with E-state index in [1.807, 2.05) is 36.4 Å². The van der Waals surface area contributed by atoms with Gasteiger partial charge in [-0.3, -0.25) is 9.69 Å². The molecule has 0 radical (unpaired) electrons. The zero-order valence-electron chi connectivity index (χ0n) is 21.0. The van der Waals surface area contributed by atoms with Gasteiger partial charge in [-0.25, -0.2) is 4.98 Å². The van der Waals surface area contributed by atoms with Crippen molar-refractivity contribution in [2.75, 3.05) is 51.9 Å². The molecule has 0 fully saturated rings. The van der Waals surface area contributed by atoms with Gasteiger partial charge in [-0.2, -0.15) is 0 Å². The van der Waals surface area contributed by atoms with E-state index in [1.165, 1.54) is 16.9 Å². The Labute approximate surface area is 206 Å². The molecule has 1 heterocycles. The molecule has 3 aromatic rings. The van der Waals surface area contributed by atoms with Crippen molar-refractivity contribution < 1.29 is 19.0 Å². The third-order valence-electron chi connectivity index (χ3n) is 5.87. The van der Waals surface area contributed by atoms with Crippen LogP contribution in [0.1, 0.15) is 39.2 Å². The smallest absolute Gasteiger partial charge is 0.266 e. The number of aromatic nitrogens is 1. The summed E-state index contributed by atoms with van der Waals surface area (Å²) in [4.78, 5) is 22.1. The van der Waals surface area contributed by atoms with Crippen LogP contribution in [-0.2, 0) is 4.79 Å². The average Bonchev–Trinajstić information content (AvgIpc) is 3.30. The molecule has 1 amide bonds. The lowest BCUT2D eigenvalue weighted by Crippen LogP contribution is -2.41. The number of carbonyl (C=O) groups excluding carboxylic acids is 1. The van der Waals surface area contributed by atoms with Crippen LogP contribution in [0, 0.1) is 0 Å². The van der Waals surface area contributed by atoms with Crippen LogP contribution < -0.4 is 19.1 Å². The van der Waals surface area contributed by atoms with Crippen molar-refractivity contribution in [3.8, 4) is 17.2 Å². The van der Waals surface area contributed by atoms with Gasteiger partial charge in [0, 0.05) is 13.1 Å². The number of anilines is 1. The maximum absolute atomic E-state index is 13.4. The van der Waals surface area contributed by atoms with Crippen LogP contribution in [0.5, 0.6) is 17.2 Å². The van der Waals surface area contributed by atoms with Crippen LogP contribution in [0.2, 0.25) is 0 Å². The largest absolute Gasteiger partial charge is 0.495 e. The summed E-state index contributed by atoms with van der Waals surface area (Å²) in [5, 5.41) is 0.605. The summed E-state index contributed by atoms with van der Waals surface area (Å²) in [5.41, 5.74) is 1.92. The number of hydrogen-bond donors (Lipinski definition) is 0. The number of fused-ring (bicyclic) bond motifs is 1. The second kappa shape index (κ2) is 12.0. The molecule has 0 spiro atoms.